The van der Waals surface area contributed by atoms with E-state index in [9.17, 15) is 0 Å². The Morgan fingerprint density at radius 2 is 1.82 bits per heavy atom. The van der Waals surface area contributed by atoms with Gasteiger partial charge in [-0.05, 0) is 55.8 Å². The molecule has 92 valence electrons. The highest BCUT2D eigenvalue weighted by atomic mass is 32.1. The summed E-state index contributed by atoms with van der Waals surface area (Å²) < 4.78 is 1.47. The minimum absolute atomic E-state index is 1.01. The molecule has 0 aliphatic rings. The molecule has 0 saturated heterocycles. The molecular weight excluding hydrogens is 226 g/mol. The molecule has 0 aliphatic heterocycles. The van der Waals surface area contributed by atoms with Crippen LogP contribution in [0.2, 0.25) is 0 Å². The monoisotopic (exact) mass is 247 g/mol. The predicted molar refractivity (Wildman–Crippen MR) is 78.0 cm³/mol. The molecule has 0 fully saturated rings. The van der Waals surface area contributed by atoms with Crippen molar-refractivity contribution in [3.63, 3.8) is 0 Å². The minimum Gasteiger partial charge on any atom is -0.312 e. The molecule has 0 atom stereocenters. The van der Waals surface area contributed by atoms with E-state index in [2.05, 4.69) is 45.1 Å². The largest absolute Gasteiger partial charge is 0.312 e. The summed E-state index contributed by atoms with van der Waals surface area (Å²) in [5.41, 5.74) is 4.27. The molecule has 2 aromatic rings. The van der Waals surface area contributed by atoms with Gasteiger partial charge < -0.3 is 5.32 Å². The number of benzene rings is 1. The molecule has 0 radical (unpaired) electrons. The molecular formula is C15H21NS. The quantitative estimate of drug-likeness (QED) is 0.793. The van der Waals surface area contributed by atoms with E-state index in [-0.39, 0.29) is 0 Å². The summed E-state index contributed by atoms with van der Waals surface area (Å²) in [6.45, 7) is 11.0. The molecule has 17 heavy (non-hydrogen) atoms. The summed E-state index contributed by atoms with van der Waals surface area (Å²) in [7, 11) is 0. The summed E-state index contributed by atoms with van der Waals surface area (Å²) in [4.78, 5) is 1.49. The molecule has 2 rings (SSSR count). The van der Waals surface area contributed by atoms with Crippen molar-refractivity contribution in [1.29, 1.82) is 0 Å². The summed E-state index contributed by atoms with van der Waals surface area (Å²) in [5, 5.41) is 4.98. The lowest BCUT2D eigenvalue weighted by Gasteiger charge is -2.02. The Hall–Kier alpha value is -0.860. The molecule has 0 aliphatic carbocycles. The van der Waals surface area contributed by atoms with Crippen molar-refractivity contribution in [2.75, 3.05) is 6.54 Å². The Morgan fingerprint density at radius 1 is 1.12 bits per heavy atom. The first kappa shape index (κ1) is 12.6. The van der Waals surface area contributed by atoms with Crippen LogP contribution in [0.1, 0.15) is 34.9 Å². The van der Waals surface area contributed by atoms with Crippen molar-refractivity contribution in [2.45, 2.75) is 40.7 Å². The summed E-state index contributed by atoms with van der Waals surface area (Å²) in [6.07, 6.45) is 1.20. The first-order chi connectivity index (χ1) is 8.15. The van der Waals surface area contributed by atoms with Crippen LogP contribution >= 0.6 is 11.3 Å². The summed E-state index contributed by atoms with van der Waals surface area (Å²) >= 11 is 1.95. The van der Waals surface area contributed by atoms with Crippen LogP contribution in [0.15, 0.2) is 12.1 Å². The van der Waals surface area contributed by atoms with Crippen LogP contribution in [0.5, 0.6) is 0 Å². The molecule has 0 unspecified atom stereocenters. The Balaban J connectivity index is 2.42. The average Bonchev–Trinajstić information content (AvgIpc) is 2.64. The Bertz CT molecular complexity index is 525. The number of thiophene rings is 1. The van der Waals surface area contributed by atoms with E-state index in [4.69, 9.17) is 0 Å². The van der Waals surface area contributed by atoms with E-state index in [0.29, 0.717) is 0 Å². The molecule has 0 saturated carbocycles. The molecule has 0 spiro atoms. The molecule has 0 amide bonds. The van der Waals surface area contributed by atoms with Gasteiger partial charge in [0.2, 0.25) is 0 Å². The molecule has 1 nitrogen and oxygen atoms in total. The Kier molecular flexibility index (Phi) is 3.85. The molecule has 1 aromatic carbocycles. The number of aryl methyl sites for hydroxylation is 3. The zero-order valence-electron chi connectivity index (χ0n) is 11.2. The van der Waals surface area contributed by atoms with E-state index in [1.54, 1.807) is 0 Å². The Morgan fingerprint density at radius 3 is 2.47 bits per heavy atom. The van der Waals surface area contributed by atoms with Crippen LogP contribution in [0.4, 0.5) is 0 Å². The first-order valence-electron chi connectivity index (χ1n) is 6.34. The maximum Gasteiger partial charge on any atom is 0.0380 e. The van der Waals surface area contributed by atoms with Crippen LogP contribution < -0.4 is 5.32 Å². The van der Waals surface area contributed by atoms with Crippen LogP contribution in [0, 0.1) is 20.8 Å². The lowest BCUT2D eigenvalue weighted by atomic mass is 10.0. The second kappa shape index (κ2) is 5.19. The molecule has 0 bridgehead atoms. The number of fused-ring (bicyclic) bond motifs is 1. The van der Waals surface area contributed by atoms with Gasteiger partial charge in [0, 0.05) is 16.1 Å². The highest BCUT2D eigenvalue weighted by Gasteiger charge is 2.11. The van der Waals surface area contributed by atoms with Gasteiger partial charge in [0.05, 0.1) is 0 Å². The minimum atomic E-state index is 1.01. The van der Waals surface area contributed by atoms with Gasteiger partial charge >= 0.3 is 0 Å². The topological polar surface area (TPSA) is 12.0 Å². The first-order valence-corrected chi connectivity index (χ1v) is 7.15. The molecule has 2 heteroatoms. The van der Waals surface area contributed by atoms with Gasteiger partial charge in [-0.3, -0.25) is 0 Å². The maximum absolute atomic E-state index is 3.50. The maximum atomic E-state index is 3.50. The van der Waals surface area contributed by atoms with Crippen LogP contribution in [0.3, 0.4) is 0 Å². The van der Waals surface area contributed by atoms with Crippen LogP contribution in [-0.4, -0.2) is 6.54 Å². The van der Waals surface area contributed by atoms with Crippen molar-refractivity contribution in [3.05, 3.63) is 33.7 Å². The lowest BCUT2D eigenvalue weighted by molar-refractivity contribution is 0.680. The van der Waals surface area contributed by atoms with Crippen molar-refractivity contribution < 1.29 is 0 Å². The van der Waals surface area contributed by atoms with Gasteiger partial charge in [0.1, 0.15) is 0 Å². The highest BCUT2D eigenvalue weighted by molar-refractivity contribution is 7.19. The molecule has 1 heterocycles. The van der Waals surface area contributed by atoms with Gasteiger partial charge in [-0.2, -0.15) is 0 Å². The Labute approximate surface area is 108 Å². The van der Waals surface area contributed by atoms with Crippen LogP contribution in [-0.2, 0) is 6.54 Å². The SMILES string of the molecule is CCCNCc1sc2c(C)ccc(C)c2c1C. The number of hydrogen-bond donors (Lipinski definition) is 1. The third kappa shape index (κ3) is 2.38. The standard InChI is InChI=1S/C15H21NS/c1-5-8-16-9-13-12(4)14-10(2)6-7-11(3)15(14)17-13/h6-7,16H,5,8-9H2,1-4H3. The summed E-state index contributed by atoms with van der Waals surface area (Å²) in [6, 6.07) is 4.47. The van der Waals surface area contributed by atoms with Crippen molar-refractivity contribution in [2.24, 2.45) is 0 Å². The fourth-order valence-electron chi connectivity index (χ4n) is 2.27. The van der Waals surface area contributed by atoms with E-state index in [0.717, 1.165) is 13.1 Å². The van der Waals surface area contributed by atoms with Gasteiger partial charge in [0.25, 0.3) is 0 Å². The smallest absolute Gasteiger partial charge is 0.0380 e. The highest BCUT2D eigenvalue weighted by Crippen LogP contribution is 2.35. The van der Waals surface area contributed by atoms with Crippen molar-refractivity contribution in [3.8, 4) is 0 Å². The molecule has 1 N–H and O–H groups in total. The average molecular weight is 247 g/mol. The third-order valence-electron chi connectivity index (χ3n) is 3.29. The van der Waals surface area contributed by atoms with E-state index < -0.39 is 0 Å². The zero-order chi connectivity index (χ0) is 12.4. The van der Waals surface area contributed by atoms with Crippen molar-refractivity contribution in [1.82, 2.24) is 5.32 Å². The molecule has 1 aromatic heterocycles. The second-order valence-electron chi connectivity index (χ2n) is 4.73. The second-order valence-corrected chi connectivity index (χ2v) is 5.84. The number of rotatable bonds is 4. The van der Waals surface area contributed by atoms with Crippen molar-refractivity contribution >= 4 is 21.4 Å². The van der Waals surface area contributed by atoms with Gasteiger partial charge in [-0.15, -0.1) is 11.3 Å². The third-order valence-corrected chi connectivity index (χ3v) is 4.72. The predicted octanol–water partition coefficient (Wildman–Crippen LogP) is 4.33. The van der Waals surface area contributed by atoms with Gasteiger partial charge in [-0.1, -0.05) is 19.1 Å². The van der Waals surface area contributed by atoms with Gasteiger partial charge in [0.15, 0.2) is 0 Å². The van der Waals surface area contributed by atoms with E-state index in [1.165, 1.54) is 38.1 Å². The van der Waals surface area contributed by atoms with E-state index >= 15 is 0 Å². The number of nitrogens with one attached hydrogen (secondary N) is 1. The fourth-order valence-corrected chi connectivity index (χ4v) is 3.59. The van der Waals surface area contributed by atoms with Crippen LogP contribution in [0.25, 0.3) is 10.1 Å². The normalized spacial score (nSPS) is 11.3. The summed E-state index contributed by atoms with van der Waals surface area (Å²) in [5.74, 6) is 0. The fraction of sp³-hybridized carbons (Fsp3) is 0.467. The van der Waals surface area contributed by atoms with Gasteiger partial charge in [-0.25, -0.2) is 0 Å². The lowest BCUT2D eigenvalue weighted by Crippen LogP contribution is -2.13. The van der Waals surface area contributed by atoms with E-state index in [1.807, 2.05) is 11.3 Å². The number of hydrogen-bond acceptors (Lipinski definition) is 2. The zero-order valence-corrected chi connectivity index (χ0v) is 12.0.